The Labute approximate surface area is 121 Å². The van der Waals surface area contributed by atoms with Gasteiger partial charge in [0.15, 0.2) is 0 Å². The molecule has 0 N–H and O–H groups in total. The second-order valence-corrected chi connectivity index (χ2v) is 5.02. The molecule has 115 valence electrons. The van der Waals surface area contributed by atoms with Gasteiger partial charge in [0.1, 0.15) is 18.6 Å². The maximum Gasteiger partial charge on any atom is 0.573 e. The first-order valence-electron chi connectivity index (χ1n) is 6.95. The maximum atomic E-state index is 12.1. The van der Waals surface area contributed by atoms with Gasteiger partial charge in [0, 0.05) is 5.92 Å². The van der Waals surface area contributed by atoms with Crippen LogP contribution in [-0.2, 0) is 11.4 Å². The van der Waals surface area contributed by atoms with Crippen LogP contribution in [-0.4, -0.2) is 12.6 Å². The molecule has 1 aromatic rings. The highest BCUT2D eigenvalue weighted by molar-refractivity contribution is 5.59. The van der Waals surface area contributed by atoms with Crippen molar-refractivity contribution >= 4 is 6.21 Å². The number of alkyl halides is 3. The minimum atomic E-state index is -4.69. The molecule has 0 bridgehead atoms. The molecule has 0 amide bonds. The number of hydrogen-bond acceptors (Lipinski definition) is 3. The Hall–Kier alpha value is -1.72. The topological polar surface area (TPSA) is 30.8 Å². The summed E-state index contributed by atoms with van der Waals surface area (Å²) in [5.74, 6) is 0.0717. The number of hydrogen-bond donors (Lipinski definition) is 0. The van der Waals surface area contributed by atoms with Gasteiger partial charge in [-0.2, -0.15) is 0 Å². The van der Waals surface area contributed by atoms with Gasteiger partial charge in [-0.1, -0.05) is 36.6 Å². The van der Waals surface area contributed by atoms with Gasteiger partial charge < -0.3 is 9.57 Å². The summed E-state index contributed by atoms with van der Waals surface area (Å²) in [6.45, 7) is 0.0920. The summed E-state index contributed by atoms with van der Waals surface area (Å²) in [5, 5.41) is 3.78. The lowest BCUT2D eigenvalue weighted by Gasteiger charge is -2.15. The van der Waals surface area contributed by atoms with E-state index in [0.29, 0.717) is 11.5 Å². The summed E-state index contributed by atoms with van der Waals surface area (Å²) in [6.07, 6.45) is 4.01. The lowest BCUT2D eigenvalue weighted by Crippen LogP contribution is -2.17. The van der Waals surface area contributed by atoms with Crippen molar-refractivity contribution in [3.05, 3.63) is 29.8 Å². The molecule has 0 spiro atoms. The Kier molecular flexibility index (Phi) is 5.47. The minimum Gasteiger partial charge on any atom is -0.406 e. The largest absolute Gasteiger partial charge is 0.573 e. The van der Waals surface area contributed by atoms with Crippen molar-refractivity contribution in [2.24, 2.45) is 11.1 Å². The van der Waals surface area contributed by atoms with Crippen LogP contribution in [0.25, 0.3) is 0 Å². The monoisotopic (exact) mass is 300 g/mol. The molecule has 0 aromatic heterocycles. The van der Waals surface area contributed by atoms with Gasteiger partial charge in [0.25, 0.3) is 0 Å². The Morgan fingerprint density at radius 2 is 1.95 bits per heavy atom. The van der Waals surface area contributed by atoms with E-state index in [1.54, 1.807) is 6.07 Å². The Bertz CT molecular complexity index is 468. The van der Waals surface area contributed by atoms with Gasteiger partial charge in [0.05, 0.1) is 0 Å². The van der Waals surface area contributed by atoms with E-state index in [1.165, 1.54) is 37.5 Å². The number of rotatable bonds is 5. The number of ether oxygens (including phenoxy) is 1. The van der Waals surface area contributed by atoms with Crippen molar-refractivity contribution in [3.8, 4) is 5.75 Å². The third-order valence-electron chi connectivity index (χ3n) is 3.27. The molecule has 1 aliphatic rings. The van der Waals surface area contributed by atoms with Crippen LogP contribution in [0.5, 0.6) is 5.75 Å². The van der Waals surface area contributed by atoms with Crippen LogP contribution >= 0.6 is 0 Å². The number of nitrogens with zero attached hydrogens (tertiary/aromatic N) is 1. The molecule has 0 unspecified atom stereocenters. The average molecular weight is 300 g/mol. The molecule has 1 radical (unpaired) electrons. The summed E-state index contributed by atoms with van der Waals surface area (Å²) in [7, 11) is 0. The van der Waals surface area contributed by atoms with Crippen molar-refractivity contribution < 1.29 is 22.7 Å². The molecule has 0 saturated heterocycles. The van der Waals surface area contributed by atoms with Crippen LogP contribution in [0, 0.1) is 5.92 Å². The average Bonchev–Trinajstić information content (AvgIpc) is 2.43. The molecular weight excluding hydrogens is 283 g/mol. The molecule has 1 aromatic carbocycles. The van der Waals surface area contributed by atoms with Crippen LogP contribution in [0.2, 0.25) is 0 Å². The van der Waals surface area contributed by atoms with Crippen LogP contribution < -0.4 is 4.74 Å². The fraction of sp³-hybridized carbons (Fsp3) is 0.533. The lowest BCUT2D eigenvalue weighted by atomic mass is 9.90. The van der Waals surface area contributed by atoms with Crippen LogP contribution in [0.3, 0.4) is 0 Å². The number of halogens is 3. The molecule has 1 saturated carbocycles. The second kappa shape index (κ2) is 7.33. The highest BCUT2D eigenvalue weighted by atomic mass is 19.4. The smallest absolute Gasteiger partial charge is 0.406 e. The van der Waals surface area contributed by atoms with Gasteiger partial charge in [0.2, 0.25) is 0 Å². The second-order valence-electron chi connectivity index (χ2n) is 5.02. The van der Waals surface area contributed by atoms with Crippen molar-refractivity contribution in [2.75, 3.05) is 0 Å². The van der Waals surface area contributed by atoms with Crippen molar-refractivity contribution in [1.29, 1.82) is 0 Å². The van der Waals surface area contributed by atoms with E-state index >= 15 is 0 Å². The van der Waals surface area contributed by atoms with E-state index in [2.05, 4.69) is 16.1 Å². The third kappa shape index (κ3) is 6.06. The summed E-state index contributed by atoms with van der Waals surface area (Å²) in [6, 6.07) is 5.66. The van der Waals surface area contributed by atoms with Crippen LogP contribution in [0.1, 0.15) is 37.7 Å². The van der Waals surface area contributed by atoms with Crippen molar-refractivity contribution in [2.45, 2.75) is 45.1 Å². The summed E-state index contributed by atoms with van der Waals surface area (Å²) in [5.41, 5.74) is 0.561. The zero-order valence-electron chi connectivity index (χ0n) is 11.5. The Morgan fingerprint density at radius 3 is 2.67 bits per heavy atom. The molecular formula is C15H17F3NO2. The molecule has 21 heavy (non-hydrogen) atoms. The molecule has 2 rings (SSSR count). The van der Waals surface area contributed by atoms with Gasteiger partial charge >= 0.3 is 6.36 Å². The maximum absolute atomic E-state index is 12.1. The van der Waals surface area contributed by atoms with Crippen molar-refractivity contribution in [3.63, 3.8) is 0 Å². The quantitative estimate of drug-likeness (QED) is 0.590. The highest BCUT2D eigenvalue weighted by Gasteiger charge is 2.31. The molecule has 0 atom stereocenters. The van der Waals surface area contributed by atoms with Gasteiger partial charge in [-0.05, 0) is 30.5 Å². The standard InChI is InChI=1S/C15H17F3NO2/c16-15(17,18)21-14-8-4-7-13(9-14)11-20-19-10-12-5-2-1-3-6-12/h4,7-9,12H,1-3,5-6,11H2. The molecule has 3 nitrogen and oxygen atoms in total. The van der Waals surface area contributed by atoms with E-state index in [4.69, 9.17) is 4.84 Å². The number of benzene rings is 1. The van der Waals surface area contributed by atoms with E-state index in [-0.39, 0.29) is 12.4 Å². The zero-order chi connectivity index (χ0) is 15.1. The van der Waals surface area contributed by atoms with Crippen LogP contribution in [0.4, 0.5) is 13.2 Å². The van der Waals surface area contributed by atoms with Gasteiger partial charge in [-0.25, -0.2) is 0 Å². The minimum absolute atomic E-state index is 0.0920. The Balaban J connectivity index is 1.80. The van der Waals surface area contributed by atoms with E-state index in [0.717, 1.165) is 12.8 Å². The summed E-state index contributed by atoms with van der Waals surface area (Å²) < 4.78 is 40.2. The van der Waals surface area contributed by atoms with Gasteiger partial charge in [-0.15, -0.1) is 13.2 Å². The normalized spacial score (nSPS) is 17.1. The predicted molar refractivity (Wildman–Crippen MR) is 71.9 cm³/mol. The van der Waals surface area contributed by atoms with Crippen LogP contribution in [0.15, 0.2) is 29.4 Å². The highest BCUT2D eigenvalue weighted by Crippen LogP contribution is 2.24. The summed E-state index contributed by atoms with van der Waals surface area (Å²) >= 11 is 0. The molecule has 0 aliphatic heterocycles. The first-order chi connectivity index (χ1) is 10.0. The lowest BCUT2D eigenvalue weighted by molar-refractivity contribution is -0.274. The van der Waals surface area contributed by atoms with Crippen molar-refractivity contribution in [1.82, 2.24) is 0 Å². The van der Waals surface area contributed by atoms with E-state index < -0.39 is 6.36 Å². The van der Waals surface area contributed by atoms with Gasteiger partial charge in [-0.3, -0.25) is 0 Å². The van der Waals surface area contributed by atoms with E-state index in [1.807, 2.05) is 0 Å². The summed E-state index contributed by atoms with van der Waals surface area (Å²) in [4.78, 5) is 5.08. The fourth-order valence-electron chi connectivity index (χ4n) is 2.28. The predicted octanol–water partition coefficient (Wildman–Crippen LogP) is 4.54. The van der Waals surface area contributed by atoms with E-state index in [9.17, 15) is 13.2 Å². The molecule has 1 fully saturated rings. The zero-order valence-corrected chi connectivity index (χ0v) is 11.5. The SMILES string of the molecule is FC(F)(F)Oc1cccc(CO/N=[C]\C2CCCCC2)c1. The molecule has 1 aliphatic carbocycles. The fourth-order valence-corrected chi connectivity index (χ4v) is 2.28. The first kappa shape index (κ1) is 15.7. The molecule has 0 heterocycles. The first-order valence-corrected chi connectivity index (χ1v) is 6.95. The Morgan fingerprint density at radius 1 is 1.19 bits per heavy atom. The molecule has 6 heteroatoms. The third-order valence-corrected chi connectivity index (χ3v) is 3.27.